The summed E-state index contributed by atoms with van der Waals surface area (Å²) < 4.78 is 13.8. The minimum Gasteiger partial charge on any atom is -0.494 e. The van der Waals surface area contributed by atoms with E-state index in [0.717, 1.165) is 30.2 Å². The molecule has 0 amide bonds. The molecule has 134 valence electrons. The van der Waals surface area contributed by atoms with E-state index in [1.807, 2.05) is 19.1 Å². The van der Waals surface area contributed by atoms with Crippen molar-refractivity contribution in [1.29, 1.82) is 0 Å². The van der Waals surface area contributed by atoms with E-state index in [0.29, 0.717) is 6.61 Å². The Morgan fingerprint density at radius 1 is 1.08 bits per heavy atom. The van der Waals surface area contributed by atoms with E-state index < -0.39 is 0 Å². The summed E-state index contributed by atoms with van der Waals surface area (Å²) in [7, 11) is 0. The van der Waals surface area contributed by atoms with Gasteiger partial charge in [-0.05, 0) is 44.2 Å². The SMILES string of the molecule is CCOc1cccc(-n2ccc([C@H]3OCCN3c3ccc(C)cc3)c2)c1. The number of aryl methyl sites for hydroxylation is 1. The van der Waals surface area contributed by atoms with Crippen molar-refractivity contribution in [3.05, 3.63) is 78.1 Å². The van der Waals surface area contributed by atoms with Gasteiger partial charge >= 0.3 is 0 Å². The monoisotopic (exact) mass is 348 g/mol. The smallest absolute Gasteiger partial charge is 0.158 e. The summed E-state index contributed by atoms with van der Waals surface area (Å²) in [6, 6.07) is 18.9. The maximum absolute atomic E-state index is 6.04. The number of hydrogen-bond acceptors (Lipinski definition) is 3. The van der Waals surface area contributed by atoms with Gasteiger partial charge in [0.05, 0.1) is 13.2 Å². The number of anilines is 1. The first-order valence-electron chi connectivity index (χ1n) is 9.10. The Bertz CT molecular complexity index is 870. The Morgan fingerprint density at radius 3 is 2.73 bits per heavy atom. The maximum Gasteiger partial charge on any atom is 0.158 e. The lowest BCUT2D eigenvalue weighted by Gasteiger charge is -2.24. The fourth-order valence-electron chi connectivity index (χ4n) is 3.37. The third-order valence-electron chi connectivity index (χ3n) is 4.68. The zero-order valence-corrected chi connectivity index (χ0v) is 15.3. The second-order valence-electron chi connectivity index (χ2n) is 6.53. The van der Waals surface area contributed by atoms with Gasteiger partial charge in [0.1, 0.15) is 5.75 Å². The molecule has 0 bridgehead atoms. The fraction of sp³-hybridized carbons (Fsp3) is 0.273. The lowest BCUT2D eigenvalue weighted by molar-refractivity contribution is 0.114. The fourth-order valence-corrected chi connectivity index (χ4v) is 3.37. The van der Waals surface area contributed by atoms with Crippen LogP contribution in [-0.2, 0) is 4.74 Å². The zero-order valence-electron chi connectivity index (χ0n) is 15.3. The molecule has 4 heteroatoms. The molecule has 0 saturated carbocycles. The van der Waals surface area contributed by atoms with Crippen LogP contribution in [0.5, 0.6) is 5.75 Å². The van der Waals surface area contributed by atoms with Crippen LogP contribution in [0.2, 0.25) is 0 Å². The molecule has 2 heterocycles. The van der Waals surface area contributed by atoms with E-state index in [4.69, 9.17) is 9.47 Å². The molecule has 4 nitrogen and oxygen atoms in total. The van der Waals surface area contributed by atoms with Crippen LogP contribution in [0.4, 0.5) is 5.69 Å². The van der Waals surface area contributed by atoms with Gasteiger partial charge in [0, 0.05) is 41.9 Å². The summed E-state index contributed by atoms with van der Waals surface area (Å²) >= 11 is 0. The highest BCUT2D eigenvalue weighted by Crippen LogP contribution is 2.33. The zero-order chi connectivity index (χ0) is 17.9. The molecule has 0 N–H and O–H groups in total. The largest absolute Gasteiger partial charge is 0.494 e. The first-order chi connectivity index (χ1) is 12.7. The van der Waals surface area contributed by atoms with Gasteiger partial charge in [-0.25, -0.2) is 0 Å². The predicted molar refractivity (Wildman–Crippen MR) is 104 cm³/mol. The van der Waals surface area contributed by atoms with Crippen molar-refractivity contribution in [1.82, 2.24) is 4.57 Å². The van der Waals surface area contributed by atoms with Gasteiger partial charge in [-0.2, -0.15) is 0 Å². The summed E-state index contributed by atoms with van der Waals surface area (Å²) in [5.41, 5.74) is 4.71. The summed E-state index contributed by atoms with van der Waals surface area (Å²) in [4.78, 5) is 2.32. The predicted octanol–water partition coefficient (Wildman–Crippen LogP) is 4.72. The maximum atomic E-state index is 6.04. The highest BCUT2D eigenvalue weighted by Gasteiger charge is 2.27. The van der Waals surface area contributed by atoms with Gasteiger partial charge in [0.15, 0.2) is 6.23 Å². The Balaban J connectivity index is 1.59. The molecule has 1 fully saturated rings. The van der Waals surface area contributed by atoms with Gasteiger partial charge in [-0.1, -0.05) is 23.8 Å². The van der Waals surface area contributed by atoms with Crippen LogP contribution >= 0.6 is 0 Å². The number of nitrogens with zero attached hydrogens (tertiary/aromatic N) is 2. The first kappa shape index (κ1) is 16.7. The lowest BCUT2D eigenvalue weighted by atomic mass is 10.2. The first-order valence-corrected chi connectivity index (χ1v) is 9.10. The molecule has 0 spiro atoms. The van der Waals surface area contributed by atoms with E-state index in [2.05, 4.69) is 71.2 Å². The molecule has 1 aliphatic rings. The van der Waals surface area contributed by atoms with Crippen molar-refractivity contribution in [2.45, 2.75) is 20.1 Å². The van der Waals surface area contributed by atoms with Crippen LogP contribution in [0, 0.1) is 6.92 Å². The van der Waals surface area contributed by atoms with Crippen LogP contribution in [0.25, 0.3) is 5.69 Å². The quantitative estimate of drug-likeness (QED) is 0.667. The molecular formula is C22H24N2O2. The normalized spacial score (nSPS) is 16.8. The minimum absolute atomic E-state index is 0.0472. The molecule has 3 aromatic rings. The van der Waals surface area contributed by atoms with E-state index in [9.17, 15) is 0 Å². The summed E-state index contributed by atoms with van der Waals surface area (Å²) in [6.45, 7) is 6.42. The van der Waals surface area contributed by atoms with E-state index in [1.165, 1.54) is 11.3 Å². The van der Waals surface area contributed by atoms with Crippen molar-refractivity contribution < 1.29 is 9.47 Å². The third-order valence-corrected chi connectivity index (χ3v) is 4.68. The average molecular weight is 348 g/mol. The van der Waals surface area contributed by atoms with Crippen LogP contribution in [0.3, 0.4) is 0 Å². The van der Waals surface area contributed by atoms with Gasteiger partial charge in [0.2, 0.25) is 0 Å². The Labute approximate surface area is 154 Å². The molecule has 0 unspecified atom stereocenters. The van der Waals surface area contributed by atoms with Crippen LogP contribution < -0.4 is 9.64 Å². The molecule has 1 aromatic heterocycles. The number of aromatic nitrogens is 1. The molecule has 1 aliphatic heterocycles. The molecule has 1 saturated heterocycles. The number of rotatable bonds is 5. The van der Waals surface area contributed by atoms with Gasteiger partial charge in [-0.15, -0.1) is 0 Å². The molecule has 4 rings (SSSR count). The topological polar surface area (TPSA) is 26.6 Å². The lowest BCUT2D eigenvalue weighted by Crippen LogP contribution is -2.22. The summed E-state index contributed by atoms with van der Waals surface area (Å²) in [6.07, 6.45) is 4.17. The molecule has 0 aliphatic carbocycles. The number of benzene rings is 2. The van der Waals surface area contributed by atoms with Gasteiger partial charge < -0.3 is 18.9 Å². The van der Waals surface area contributed by atoms with Gasteiger partial charge in [-0.3, -0.25) is 0 Å². The molecular weight excluding hydrogens is 324 g/mol. The molecule has 1 atom stereocenters. The molecule has 0 radical (unpaired) electrons. The van der Waals surface area contributed by atoms with Crippen molar-refractivity contribution in [2.24, 2.45) is 0 Å². The van der Waals surface area contributed by atoms with Crippen LogP contribution in [0.15, 0.2) is 67.0 Å². The average Bonchev–Trinajstić information content (AvgIpc) is 3.32. The highest BCUT2D eigenvalue weighted by molar-refractivity contribution is 5.50. The van der Waals surface area contributed by atoms with Crippen molar-refractivity contribution in [3.63, 3.8) is 0 Å². The number of ether oxygens (including phenoxy) is 2. The Hall–Kier alpha value is -2.72. The third kappa shape index (κ3) is 3.33. The minimum atomic E-state index is -0.0472. The molecule has 26 heavy (non-hydrogen) atoms. The van der Waals surface area contributed by atoms with Gasteiger partial charge in [0.25, 0.3) is 0 Å². The second-order valence-corrected chi connectivity index (χ2v) is 6.53. The van der Waals surface area contributed by atoms with Crippen LogP contribution in [0.1, 0.15) is 24.3 Å². The van der Waals surface area contributed by atoms with E-state index >= 15 is 0 Å². The van der Waals surface area contributed by atoms with Crippen LogP contribution in [-0.4, -0.2) is 24.3 Å². The van der Waals surface area contributed by atoms with Crippen molar-refractivity contribution in [2.75, 3.05) is 24.7 Å². The van der Waals surface area contributed by atoms with E-state index in [1.54, 1.807) is 0 Å². The Morgan fingerprint density at radius 2 is 1.92 bits per heavy atom. The Kier molecular flexibility index (Phi) is 4.67. The number of hydrogen-bond donors (Lipinski definition) is 0. The molecule has 2 aromatic carbocycles. The second kappa shape index (κ2) is 7.26. The summed E-state index contributed by atoms with van der Waals surface area (Å²) in [5, 5.41) is 0. The van der Waals surface area contributed by atoms with E-state index in [-0.39, 0.29) is 6.23 Å². The summed E-state index contributed by atoms with van der Waals surface area (Å²) in [5.74, 6) is 0.888. The van der Waals surface area contributed by atoms with Crippen molar-refractivity contribution in [3.8, 4) is 11.4 Å². The van der Waals surface area contributed by atoms with Crippen molar-refractivity contribution >= 4 is 5.69 Å². The highest BCUT2D eigenvalue weighted by atomic mass is 16.5. The standard InChI is InChI=1S/C22H24N2O2/c1-3-25-21-6-4-5-20(15-21)23-12-11-18(16-23)22-24(13-14-26-22)19-9-7-17(2)8-10-19/h4-12,15-16,22H,3,13-14H2,1-2H3/t22-/m1/s1.